The van der Waals surface area contributed by atoms with E-state index in [1.54, 1.807) is 19.2 Å². The first kappa shape index (κ1) is 18.0. The lowest BCUT2D eigenvalue weighted by molar-refractivity contribution is -0.113. The molecular formula is C19H19N3O3S. The molecule has 1 heterocycles. The first-order chi connectivity index (χ1) is 12.5. The van der Waals surface area contributed by atoms with Gasteiger partial charge in [0.1, 0.15) is 5.75 Å². The molecule has 0 aliphatic carbocycles. The number of anilines is 1. The van der Waals surface area contributed by atoms with Crippen LogP contribution in [0.1, 0.15) is 11.1 Å². The summed E-state index contributed by atoms with van der Waals surface area (Å²) >= 11 is 1.20. The number of benzene rings is 2. The number of ether oxygens (including phenoxy) is 1. The molecule has 1 N–H and O–H groups in total. The Hall–Kier alpha value is -2.80. The highest BCUT2D eigenvalue weighted by Crippen LogP contribution is 2.25. The summed E-state index contributed by atoms with van der Waals surface area (Å²) in [5.74, 6) is 1.15. The van der Waals surface area contributed by atoms with Crippen LogP contribution in [0.15, 0.2) is 52.1 Å². The Morgan fingerprint density at radius 2 is 2.00 bits per heavy atom. The number of aromatic nitrogens is 2. The Morgan fingerprint density at radius 3 is 2.77 bits per heavy atom. The van der Waals surface area contributed by atoms with Crippen molar-refractivity contribution in [3.63, 3.8) is 0 Å². The van der Waals surface area contributed by atoms with Crippen LogP contribution in [0.3, 0.4) is 0 Å². The maximum absolute atomic E-state index is 12.1. The maximum atomic E-state index is 12.1. The molecule has 0 unspecified atom stereocenters. The lowest BCUT2D eigenvalue weighted by Crippen LogP contribution is -2.13. The van der Waals surface area contributed by atoms with E-state index in [2.05, 4.69) is 22.4 Å². The van der Waals surface area contributed by atoms with Crippen LogP contribution in [0.4, 0.5) is 5.69 Å². The summed E-state index contributed by atoms with van der Waals surface area (Å²) in [6, 6.07) is 13.2. The van der Waals surface area contributed by atoms with E-state index in [9.17, 15) is 4.79 Å². The quantitative estimate of drug-likeness (QED) is 0.660. The predicted molar refractivity (Wildman–Crippen MR) is 102 cm³/mol. The predicted octanol–water partition coefficient (Wildman–Crippen LogP) is 4.09. The molecule has 1 amide bonds. The third kappa shape index (κ3) is 4.43. The first-order valence-corrected chi connectivity index (χ1v) is 9.01. The number of nitrogens with one attached hydrogen (secondary N) is 1. The molecule has 26 heavy (non-hydrogen) atoms. The van der Waals surface area contributed by atoms with Gasteiger partial charge in [0.05, 0.1) is 12.9 Å². The molecule has 7 heteroatoms. The lowest BCUT2D eigenvalue weighted by Gasteiger charge is -2.05. The molecule has 0 spiro atoms. The summed E-state index contributed by atoms with van der Waals surface area (Å²) in [5.41, 5.74) is 3.91. The SMILES string of the molecule is COc1cccc(NC(=O)CSc2nnc(-c3ccc(C)c(C)c3)o2)c1. The Balaban J connectivity index is 1.59. The smallest absolute Gasteiger partial charge is 0.277 e. The standard InChI is InChI=1S/C19H19N3O3S/c1-12-7-8-14(9-13(12)2)18-21-22-19(25-18)26-11-17(23)20-15-5-4-6-16(10-15)24-3/h4-10H,11H2,1-3H3,(H,20,23). The van der Waals surface area contributed by atoms with Gasteiger partial charge in [-0.05, 0) is 49.2 Å². The van der Waals surface area contributed by atoms with E-state index >= 15 is 0 Å². The van der Waals surface area contributed by atoms with Crippen LogP contribution in [-0.2, 0) is 4.79 Å². The second-order valence-corrected chi connectivity index (χ2v) is 6.67. The molecule has 134 valence electrons. The fourth-order valence-electron chi connectivity index (χ4n) is 2.28. The van der Waals surface area contributed by atoms with Crippen molar-refractivity contribution in [1.29, 1.82) is 0 Å². The van der Waals surface area contributed by atoms with Crippen molar-refractivity contribution in [3.05, 3.63) is 53.6 Å². The molecule has 6 nitrogen and oxygen atoms in total. The van der Waals surface area contributed by atoms with Gasteiger partial charge in [0, 0.05) is 17.3 Å². The fourth-order valence-corrected chi connectivity index (χ4v) is 2.85. The van der Waals surface area contributed by atoms with Crippen LogP contribution < -0.4 is 10.1 Å². The number of rotatable bonds is 6. The normalized spacial score (nSPS) is 10.6. The molecule has 2 aromatic carbocycles. The van der Waals surface area contributed by atoms with E-state index in [0.717, 1.165) is 11.1 Å². The molecule has 1 aromatic heterocycles. The highest BCUT2D eigenvalue weighted by Gasteiger charge is 2.12. The number of hydrogen-bond acceptors (Lipinski definition) is 6. The molecule has 0 atom stereocenters. The van der Waals surface area contributed by atoms with E-state index in [1.165, 1.54) is 17.3 Å². The third-order valence-corrected chi connectivity index (χ3v) is 4.66. The molecule has 0 bridgehead atoms. The fraction of sp³-hybridized carbons (Fsp3) is 0.211. The lowest BCUT2D eigenvalue weighted by atomic mass is 10.1. The van der Waals surface area contributed by atoms with E-state index in [0.29, 0.717) is 22.6 Å². The second-order valence-electron chi connectivity index (χ2n) is 5.74. The van der Waals surface area contributed by atoms with Crippen LogP contribution in [-0.4, -0.2) is 29.0 Å². The number of amides is 1. The maximum Gasteiger partial charge on any atom is 0.277 e. The van der Waals surface area contributed by atoms with E-state index < -0.39 is 0 Å². The number of carbonyl (C=O) groups excluding carboxylic acids is 1. The summed E-state index contributed by atoms with van der Waals surface area (Å²) in [6.07, 6.45) is 0. The van der Waals surface area contributed by atoms with Gasteiger partial charge >= 0.3 is 0 Å². The zero-order valence-electron chi connectivity index (χ0n) is 14.8. The van der Waals surface area contributed by atoms with E-state index in [4.69, 9.17) is 9.15 Å². The number of thioether (sulfide) groups is 1. The van der Waals surface area contributed by atoms with Crippen LogP contribution in [0, 0.1) is 13.8 Å². The molecule has 0 saturated carbocycles. The highest BCUT2D eigenvalue weighted by molar-refractivity contribution is 7.99. The third-order valence-electron chi connectivity index (χ3n) is 3.84. The Morgan fingerprint density at radius 1 is 1.15 bits per heavy atom. The van der Waals surface area contributed by atoms with Gasteiger partial charge in [0.2, 0.25) is 11.8 Å². The van der Waals surface area contributed by atoms with Gasteiger partial charge in [-0.15, -0.1) is 10.2 Å². The number of nitrogens with zero attached hydrogens (tertiary/aromatic N) is 2. The Labute approximate surface area is 156 Å². The van der Waals surface area contributed by atoms with Gasteiger partial charge in [-0.2, -0.15) is 0 Å². The van der Waals surface area contributed by atoms with Gasteiger partial charge < -0.3 is 14.5 Å². The summed E-state index contributed by atoms with van der Waals surface area (Å²) in [7, 11) is 1.58. The summed E-state index contributed by atoms with van der Waals surface area (Å²) < 4.78 is 10.8. The minimum Gasteiger partial charge on any atom is -0.497 e. The topological polar surface area (TPSA) is 77.2 Å². The van der Waals surface area contributed by atoms with Crippen LogP contribution in [0.5, 0.6) is 5.75 Å². The molecule has 3 rings (SSSR count). The zero-order chi connectivity index (χ0) is 18.5. The van der Waals surface area contributed by atoms with Gasteiger partial charge in [-0.25, -0.2) is 0 Å². The number of aryl methyl sites for hydroxylation is 2. The van der Waals surface area contributed by atoms with E-state index in [1.807, 2.05) is 37.3 Å². The number of carbonyl (C=O) groups is 1. The zero-order valence-corrected chi connectivity index (χ0v) is 15.6. The van der Waals surface area contributed by atoms with Crippen molar-refractivity contribution in [2.45, 2.75) is 19.1 Å². The Bertz CT molecular complexity index is 924. The molecule has 0 saturated heterocycles. The van der Waals surface area contributed by atoms with Crippen LogP contribution in [0.25, 0.3) is 11.5 Å². The van der Waals surface area contributed by atoms with Gasteiger partial charge in [0.15, 0.2) is 0 Å². The minimum atomic E-state index is -0.158. The molecule has 0 radical (unpaired) electrons. The van der Waals surface area contributed by atoms with Crippen molar-refractivity contribution < 1.29 is 13.9 Å². The van der Waals surface area contributed by atoms with Crippen LogP contribution >= 0.6 is 11.8 Å². The highest BCUT2D eigenvalue weighted by atomic mass is 32.2. The monoisotopic (exact) mass is 369 g/mol. The van der Waals surface area contributed by atoms with Gasteiger partial charge in [-0.1, -0.05) is 23.9 Å². The molecular weight excluding hydrogens is 350 g/mol. The Kier molecular flexibility index (Phi) is 5.58. The summed E-state index contributed by atoms with van der Waals surface area (Å²) in [4.78, 5) is 12.1. The molecule has 3 aromatic rings. The van der Waals surface area contributed by atoms with Crippen molar-refractivity contribution in [3.8, 4) is 17.2 Å². The van der Waals surface area contributed by atoms with Crippen molar-refractivity contribution >= 4 is 23.4 Å². The first-order valence-electron chi connectivity index (χ1n) is 8.03. The van der Waals surface area contributed by atoms with Crippen LogP contribution in [0.2, 0.25) is 0 Å². The van der Waals surface area contributed by atoms with Crippen molar-refractivity contribution in [2.75, 3.05) is 18.2 Å². The molecule has 0 fully saturated rings. The average molecular weight is 369 g/mol. The van der Waals surface area contributed by atoms with E-state index in [-0.39, 0.29) is 11.7 Å². The molecule has 0 aliphatic heterocycles. The van der Waals surface area contributed by atoms with Crippen molar-refractivity contribution in [2.24, 2.45) is 0 Å². The van der Waals surface area contributed by atoms with Gasteiger partial charge in [0.25, 0.3) is 5.22 Å². The number of methoxy groups -OCH3 is 1. The number of hydrogen-bond donors (Lipinski definition) is 1. The molecule has 0 aliphatic rings. The van der Waals surface area contributed by atoms with Crippen molar-refractivity contribution in [1.82, 2.24) is 10.2 Å². The largest absolute Gasteiger partial charge is 0.497 e. The summed E-state index contributed by atoms with van der Waals surface area (Å²) in [6.45, 7) is 4.09. The van der Waals surface area contributed by atoms with Gasteiger partial charge in [-0.3, -0.25) is 4.79 Å². The second kappa shape index (κ2) is 8.05. The minimum absolute atomic E-state index is 0.158. The summed E-state index contributed by atoms with van der Waals surface area (Å²) in [5, 5.41) is 11.2. The average Bonchev–Trinajstić information content (AvgIpc) is 3.11.